The number of hydrogen-bond acceptors (Lipinski definition) is 5. The predicted octanol–water partition coefficient (Wildman–Crippen LogP) is 3.65. The lowest BCUT2D eigenvalue weighted by molar-refractivity contribution is -0.130. The van der Waals surface area contributed by atoms with Crippen LogP contribution in [0.2, 0.25) is 0 Å². The Hall–Kier alpha value is -3.87. The topological polar surface area (TPSA) is 84.9 Å². The van der Waals surface area contributed by atoms with Crippen LogP contribution in [-0.2, 0) is 10.3 Å². The molecule has 1 N–H and O–H groups in total. The van der Waals surface area contributed by atoms with Crippen LogP contribution in [0.3, 0.4) is 0 Å². The largest absolute Gasteiger partial charge is 0.490 e. The molecule has 7 nitrogen and oxygen atoms in total. The zero-order valence-corrected chi connectivity index (χ0v) is 17.6. The van der Waals surface area contributed by atoms with Gasteiger partial charge in [-0.15, -0.1) is 0 Å². The van der Waals surface area contributed by atoms with Crippen molar-refractivity contribution in [1.82, 2.24) is 10.2 Å². The summed E-state index contributed by atoms with van der Waals surface area (Å²) >= 11 is 0. The molecule has 1 atom stereocenters. The van der Waals surface area contributed by atoms with Gasteiger partial charge in [0.05, 0.1) is 19.8 Å². The number of carbonyl (C=O) groups is 3. The monoisotopic (exact) mass is 430 g/mol. The number of fused-ring (bicyclic) bond motifs is 2. The summed E-state index contributed by atoms with van der Waals surface area (Å²) in [6.45, 7) is 2.36. The van der Waals surface area contributed by atoms with E-state index in [1.807, 2.05) is 42.5 Å². The molecule has 1 fully saturated rings. The van der Waals surface area contributed by atoms with Crippen molar-refractivity contribution in [3.63, 3.8) is 0 Å². The fourth-order valence-electron chi connectivity index (χ4n) is 4.11. The zero-order valence-electron chi connectivity index (χ0n) is 17.6. The molecule has 1 saturated heterocycles. The SMILES string of the molecule is C[C@]1(c2ccc3ccccc3c2)NC(=O)N(CC(=O)c2ccc3c(c2)OCCCO3)C1=O. The lowest BCUT2D eigenvalue weighted by Crippen LogP contribution is -2.41. The Kier molecular flexibility index (Phi) is 4.81. The van der Waals surface area contributed by atoms with E-state index < -0.39 is 17.5 Å². The maximum absolute atomic E-state index is 13.3. The molecular formula is C25H22N2O5. The third-order valence-corrected chi connectivity index (χ3v) is 5.97. The molecule has 0 aromatic heterocycles. The van der Waals surface area contributed by atoms with Crippen molar-refractivity contribution >= 4 is 28.5 Å². The van der Waals surface area contributed by atoms with Crippen LogP contribution >= 0.6 is 0 Å². The van der Waals surface area contributed by atoms with E-state index >= 15 is 0 Å². The second-order valence-corrected chi connectivity index (χ2v) is 8.14. The van der Waals surface area contributed by atoms with Gasteiger partial charge in [0.1, 0.15) is 5.54 Å². The summed E-state index contributed by atoms with van der Waals surface area (Å²) in [6.07, 6.45) is 0.758. The van der Waals surface area contributed by atoms with Crippen LogP contribution in [0, 0.1) is 0 Å². The lowest BCUT2D eigenvalue weighted by atomic mass is 9.90. The molecule has 5 rings (SSSR count). The van der Waals surface area contributed by atoms with E-state index in [0.717, 1.165) is 22.1 Å². The van der Waals surface area contributed by atoms with E-state index in [-0.39, 0.29) is 12.3 Å². The van der Waals surface area contributed by atoms with Gasteiger partial charge in [-0.1, -0.05) is 36.4 Å². The molecule has 32 heavy (non-hydrogen) atoms. The summed E-state index contributed by atoms with van der Waals surface area (Å²) in [6, 6.07) is 17.8. The van der Waals surface area contributed by atoms with Crippen molar-refractivity contribution in [2.75, 3.05) is 19.8 Å². The predicted molar refractivity (Wildman–Crippen MR) is 118 cm³/mol. The molecule has 3 aromatic carbocycles. The highest BCUT2D eigenvalue weighted by atomic mass is 16.5. The van der Waals surface area contributed by atoms with Gasteiger partial charge in [0.15, 0.2) is 17.3 Å². The Bertz CT molecular complexity index is 1250. The van der Waals surface area contributed by atoms with Crippen molar-refractivity contribution in [2.45, 2.75) is 18.9 Å². The maximum atomic E-state index is 13.3. The number of rotatable bonds is 4. The quantitative estimate of drug-likeness (QED) is 0.505. The Morgan fingerprint density at radius 2 is 1.72 bits per heavy atom. The van der Waals surface area contributed by atoms with Gasteiger partial charge in [0.2, 0.25) is 0 Å². The molecule has 0 aliphatic carbocycles. The van der Waals surface area contributed by atoms with E-state index in [4.69, 9.17) is 9.47 Å². The van der Waals surface area contributed by atoms with E-state index in [2.05, 4.69) is 5.32 Å². The second-order valence-electron chi connectivity index (χ2n) is 8.14. The summed E-state index contributed by atoms with van der Waals surface area (Å²) in [7, 11) is 0. The normalized spacial score (nSPS) is 20.2. The first-order valence-corrected chi connectivity index (χ1v) is 10.5. The lowest BCUT2D eigenvalue weighted by Gasteiger charge is -2.22. The van der Waals surface area contributed by atoms with Gasteiger partial charge in [-0.2, -0.15) is 0 Å². The van der Waals surface area contributed by atoms with E-state index in [9.17, 15) is 14.4 Å². The van der Waals surface area contributed by atoms with Crippen molar-refractivity contribution in [2.24, 2.45) is 0 Å². The molecule has 162 valence electrons. The van der Waals surface area contributed by atoms with Gasteiger partial charge < -0.3 is 14.8 Å². The summed E-state index contributed by atoms with van der Waals surface area (Å²) in [5, 5.41) is 4.77. The number of amides is 3. The number of urea groups is 1. The van der Waals surface area contributed by atoms with Crippen molar-refractivity contribution in [1.29, 1.82) is 0 Å². The molecule has 2 aliphatic heterocycles. The van der Waals surface area contributed by atoms with Gasteiger partial charge in [-0.25, -0.2) is 4.79 Å². The third-order valence-electron chi connectivity index (χ3n) is 5.97. The van der Waals surface area contributed by atoms with Gasteiger partial charge in [0, 0.05) is 12.0 Å². The highest BCUT2D eigenvalue weighted by Gasteiger charge is 2.49. The molecule has 7 heteroatoms. The summed E-state index contributed by atoms with van der Waals surface area (Å²) in [4.78, 5) is 39.8. The average Bonchev–Trinajstić information content (AvgIpc) is 2.96. The van der Waals surface area contributed by atoms with E-state index in [0.29, 0.717) is 35.8 Å². The highest BCUT2D eigenvalue weighted by Crippen LogP contribution is 2.33. The fourth-order valence-corrected chi connectivity index (χ4v) is 4.11. The molecule has 3 amide bonds. The van der Waals surface area contributed by atoms with Gasteiger partial charge in [0.25, 0.3) is 5.91 Å². The molecule has 3 aromatic rings. The summed E-state index contributed by atoms with van der Waals surface area (Å²) in [5.41, 5.74) is -0.221. The molecule has 0 bridgehead atoms. The molecular weight excluding hydrogens is 408 g/mol. The first kappa shape index (κ1) is 20.1. The Morgan fingerprint density at radius 1 is 0.969 bits per heavy atom. The van der Waals surface area contributed by atoms with E-state index in [1.165, 1.54) is 0 Å². The fraction of sp³-hybridized carbons (Fsp3) is 0.240. The van der Waals surface area contributed by atoms with Gasteiger partial charge >= 0.3 is 6.03 Å². The minimum Gasteiger partial charge on any atom is -0.490 e. The summed E-state index contributed by atoms with van der Waals surface area (Å²) in [5.74, 6) is 0.261. The van der Waals surface area contributed by atoms with Crippen LogP contribution < -0.4 is 14.8 Å². The van der Waals surface area contributed by atoms with Crippen LogP contribution in [0.5, 0.6) is 11.5 Å². The van der Waals surface area contributed by atoms with Gasteiger partial charge in [-0.3, -0.25) is 14.5 Å². The van der Waals surface area contributed by atoms with Crippen LogP contribution in [0.4, 0.5) is 4.79 Å². The Labute approximate surface area is 184 Å². The first-order chi connectivity index (χ1) is 15.5. The average molecular weight is 430 g/mol. The minimum absolute atomic E-state index is 0.354. The van der Waals surface area contributed by atoms with Gasteiger partial charge in [-0.05, 0) is 47.5 Å². The second kappa shape index (κ2) is 7.67. The van der Waals surface area contributed by atoms with Crippen molar-refractivity contribution < 1.29 is 23.9 Å². The standard InChI is InChI=1S/C25H22N2O5/c1-25(19-9-7-16-5-2-3-6-17(16)13-19)23(29)27(24(30)26-25)15-20(28)18-8-10-21-22(14-18)32-12-4-11-31-21/h2-3,5-10,13-14H,4,11-12,15H2,1H3,(H,26,30)/t25-/m1/s1. The van der Waals surface area contributed by atoms with Crippen LogP contribution in [0.15, 0.2) is 60.7 Å². The molecule has 0 spiro atoms. The molecule has 2 heterocycles. The Balaban J connectivity index is 1.39. The number of nitrogens with zero attached hydrogens (tertiary/aromatic N) is 1. The molecule has 0 radical (unpaired) electrons. The van der Waals surface area contributed by atoms with Crippen molar-refractivity contribution in [3.8, 4) is 11.5 Å². The minimum atomic E-state index is -1.24. The third kappa shape index (κ3) is 3.36. The van der Waals surface area contributed by atoms with Crippen molar-refractivity contribution in [3.05, 3.63) is 71.8 Å². The molecule has 0 saturated carbocycles. The van der Waals surface area contributed by atoms with Crippen LogP contribution in [0.1, 0.15) is 29.3 Å². The Morgan fingerprint density at radius 3 is 2.53 bits per heavy atom. The highest BCUT2D eigenvalue weighted by molar-refractivity contribution is 6.11. The number of imide groups is 1. The van der Waals surface area contributed by atoms with E-state index in [1.54, 1.807) is 25.1 Å². The zero-order chi connectivity index (χ0) is 22.3. The number of nitrogens with one attached hydrogen (secondary N) is 1. The number of Topliss-reactive ketones (excluding diaryl/α,β-unsaturated/α-hetero) is 1. The van der Waals surface area contributed by atoms with Crippen LogP contribution in [-0.4, -0.2) is 42.4 Å². The number of carbonyl (C=O) groups excluding carboxylic acids is 3. The molecule has 2 aliphatic rings. The molecule has 0 unspecified atom stereocenters. The maximum Gasteiger partial charge on any atom is 0.325 e. The number of hydrogen-bond donors (Lipinski definition) is 1. The van der Waals surface area contributed by atoms with Crippen LogP contribution in [0.25, 0.3) is 10.8 Å². The number of ketones is 1. The first-order valence-electron chi connectivity index (χ1n) is 10.5. The number of benzene rings is 3. The number of ether oxygens (including phenoxy) is 2. The summed E-state index contributed by atoms with van der Waals surface area (Å²) < 4.78 is 11.2. The smallest absolute Gasteiger partial charge is 0.325 e.